The molecule has 3 aromatic rings. The Balaban J connectivity index is 1.94. The third-order valence-corrected chi connectivity index (χ3v) is 3.94. The predicted octanol–water partition coefficient (Wildman–Crippen LogP) is 4.41. The molecule has 0 atom stereocenters. The number of carbonyl (C=O) groups excluding carboxylic acids is 1. The summed E-state index contributed by atoms with van der Waals surface area (Å²) in [5, 5.41) is 18.3. The number of aromatic amines is 1. The van der Waals surface area contributed by atoms with E-state index in [1.165, 1.54) is 7.11 Å². The van der Waals surface area contributed by atoms with Crippen LogP contribution in [-0.4, -0.2) is 23.1 Å². The quantitative estimate of drug-likeness (QED) is 0.485. The molecule has 2 N–H and O–H groups in total. The highest BCUT2D eigenvalue weighted by Gasteiger charge is 2.12. The molecule has 0 aliphatic heterocycles. The summed E-state index contributed by atoms with van der Waals surface area (Å²) >= 11 is 2.16. The van der Waals surface area contributed by atoms with Gasteiger partial charge in [0, 0.05) is 14.5 Å². The lowest BCUT2D eigenvalue weighted by molar-refractivity contribution is 0.0994. The lowest BCUT2D eigenvalue weighted by Gasteiger charge is -2.00. The number of hydrogen-bond donors (Lipinski definition) is 2. The van der Waals surface area contributed by atoms with Crippen molar-refractivity contribution in [1.29, 1.82) is 0 Å². The lowest BCUT2D eigenvalue weighted by Crippen LogP contribution is -1.94. The minimum absolute atomic E-state index is 0.121. The van der Waals surface area contributed by atoms with Crippen molar-refractivity contribution in [2.75, 3.05) is 7.11 Å². The maximum Gasteiger partial charge on any atom is 0.295 e. The Bertz CT molecular complexity index is 918. The van der Waals surface area contributed by atoms with E-state index in [2.05, 4.69) is 37.8 Å². The second-order valence-corrected chi connectivity index (χ2v) is 5.99. The summed E-state index contributed by atoms with van der Waals surface area (Å²) in [6, 6.07) is 12.2. The van der Waals surface area contributed by atoms with Gasteiger partial charge in [0.2, 0.25) is 5.88 Å². The van der Waals surface area contributed by atoms with Gasteiger partial charge in [-0.3, -0.25) is 4.79 Å². The maximum absolute atomic E-state index is 12.1. The molecular weight excluding hydrogens is 409 g/mol. The molecule has 0 saturated carbocycles. The van der Waals surface area contributed by atoms with E-state index in [-0.39, 0.29) is 11.6 Å². The number of carbonyl (C=O) groups is 1. The smallest absolute Gasteiger partial charge is 0.295 e. The van der Waals surface area contributed by atoms with Crippen molar-refractivity contribution in [1.82, 2.24) is 4.98 Å². The van der Waals surface area contributed by atoms with Crippen LogP contribution in [0.25, 0.3) is 10.9 Å². The predicted molar refractivity (Wildman–Crippen MR) is 94.5 cm³/mol. The van der Waals surface area contributed by atoms with E-state index in [9.17, 15) is 9.90 Å². The number of nitrogens with zero attached hydrogens (tertiary/aromatic N) is 2. The van der Waals surface area contributed by atoms with Crippen LogP contribution in [0, 0.1) is 3.57 Å². The second kappa shape index (κ2) is 6.37. The van der Waals surface area contributed by atoms with Gasteiger partial charge in [-0.1, -0.05) is 6.07 Å². The average Bonchev–Trinajstić information content (AvgIpc) is 2.87. The van der Waals surface area contributed by atoms with Gasteiger partial charge in [0.25, 0.3) is 5.91 Å². The average molecular weight is 421 g/mol. The largest absolute Gasteiger partial charge is 0.497 e. The van der Waals surface area contributed by atoms with Crippen LogP contribution in [0.2, 0.25) is 0 Å². The summed E-state index contributed by atoms with van der Waals surface area (Å²) in [4.78, 5) is 14.9. The van der Waals surface area contributed by atoms with E-state index >= 15 is 0 Å². The molecule has 1 amide bonds. The van der Waals surface area contributed by atoms with Gasteiger partial charge in [-0.05, 0) is 59.0 Å². The molecule has 7 heteroatoms. The summed E-state index contributed by atoms with van der Waals surface area (Å²) < 4.78 is 6.07. The number of H-pyrrole nitrogens is 1. The first-order chi connectivity index (χ1) is 11.1. The van der Waals surface area contributed by atoms with Gasteiger partial charge in [-0.2, -0.15) is 0 Å². The molecule has 0 saturated heterocycles. The van der Waals surface area contributed by atoms with Crippen LogP contribution in [-0.2, 0) is 0 Å². The number of benzene rings is 2. The van der Waals surface area contributed by atoms with Crippen LogP contribution in [0.4, 0.5) is 5.69 Å². The SMILES string of the molecule is COc1cccc(C(=O)N=Nc2c(O)[nH]c3ccc(I)cc23)c1. The fourth-order valence-electron chi connectivity index (χ4n) is 2.15. The standard InChI is InChI=1S/C16H12IN3O3/c1-23-11-4-2-3-9(7-11)15(21)20-19-14-12-8-10(17)5-6-13(12)18-16(14)22/h2-8,18,22H,1H3. The van der Waals surface area contributed by atoms with Crippen molar-refractivity contribution < 1.29 is 14.6 Å². The van der Waals surface area contributed by atoms with Crippen LogP contribution >= 0.6 is 22.6 Å². The molecule has 0 aliphatic rings. The number of methoxy groups -OCH3 is 1. The molecule has 0 bridgehead atoms. The van der Waals surface area contributed by atoms with Crippen molar-refractivity contribution >= 4 is 45.1 Å². The fourth-order valence-corrected chi connectivity index (χ4v) is 2.64. The lowest BCUT2D eigenvalue weighted by atomic mass is 10.2. The number of azo groups is 1. The molecule has 3 rings (SSSR count). The zero-order chi connectivity index (χ0) is 16.4. The van der Waals surface area contributed by atoms with Crippen LogP contribution < -0.4 is 4.74 Å². The van der Waals surface area contributed by atoms with Crippen LogP contribution in [0.5, 0.6) is 11.6 Å². The molecule has 1 heterocycles. The van der Waals surface area contributed by atoms with Crippen molar-refractivity contribution in [2.24, 2.45) is 10.2 Å². The Morgan fingerprint density at radius 1 is 1.26 bits per heavy atom. The molecule has 1 aromatic heterocycles. The number of fused-ring (bicyclic) bond motifs is 1. The second-order valence-electron chi connectivity index (χ2n) is 4.75. The van der Waals surface area contributed by atoms with Gasteiger partial charge >= 0.3 is 0 Å². The summed E-state index contributed by atoms with van der Waals surface area (Å²) in [5.41, 5.74) is 1.34. The highest BCUT2D eigenvalue weighted by Crippen LogP contribution is 2.36. The first kappa shape index (κ1) is 15.5. The minimum atomic E-state index is -0.511. The summed E-state index contributed by atoms with van der Waals surface area (Å²) in [6.45, 7) is 0. The summed E-state index contributed by atoms with van der Waals surface area (Å²) in [5.74, 6) is -0.0667. The van der Waals surface area contributed by atoms with Crippen molar-refractivity contribution in [3.8, 4) is 11.6 Å². The molecular formula is C16H12IN3O3. The van der Waals surface area contributed by atoms with Gasteiger partial charge in [0.1, 0.15) is 5.75 Å². The van der Waals surface area contributed by atoms with Gasteiger partial charge in [0.05, 0.1) is 12.6 Å². The Hall–Kier alpha value is -2.42. The maximum atomic E-state index is 12.1. The number of nitrogens with one attached hydrogen (secondary N) is 1. The number of ether oxygens (including phenoxy) is 1. The molecule has 116 valence electrons. The Labute approximate surface area is 145 Å². The Morgan fingerprint density at radius 3 is 2.87 bits per heavy atom. The fraction of sp³-hybridized carbons (Fsp3) is 0.0625. The number of amides is 1. The van der Waals surface area contributed by atoms with Gasteiger partial charge in [-0.15, -0.1) is 10.2 Å². The molecule has 6 nitrogen and oxygen atoms in total. The Kier molecular flexibility index (Phi) is 4.28. The normalized spacial score (nSPS) is 11.2. The molecule has 0 aliphatic carbocycles. The third kappa shape index (κ3) is 3.19. The van der Waals surface area contributed by atoms with Crippen LogP contribution in [0.1, 0.15) is 10.4 Å². The van der Waals surface area contributed by atoms with Gasteiger partial charge in [0.15, 0.2) is 5.69 Å². The summed E-state index contributed by atoms with van der Waals surface area (Å²) in [6.07, 6.45) is 0. The highest BCUT2D eigenvalue weighted by molar-refractivity contribution is 14.1. The molecule has 2 aromatic carbocycles. The van der Waals surface area contributed by atoms with E-state index in [0.717, 1.165) is 9.09 Å². The van der Waals surface area contributed by atoms with E-state index < -0.39 is 5.91 Å². The number of hydrogen-bond acceptors (Lipinski definition) is 4. The topological polar surface area (TPSA) is 87.0 Å². The number of rotatable bonds is 3. The number of aromatic nitrogens is 1. The van der Waals surface area contributed by atoms with Crippen LogP contribution in [0.3, 0.4) is 0 Å². The van der Waals surface area contributed by atoms with Gasteiger partial charge in [-0.25, -0.2) is 0 Å². The van der Waals surface area contributed by atoms with E-state index in [1.807, 2.05) is 18.2 Å². The summed E-state index contributed by atoms with van der Waals surface area (Å²) in [7, 11) is 1.52. The molecule has 0 radical (unpaired) electrons. The van der Waals surface area contributed by atoms with Crippen molar-refractivity contribution in [3.05, 3.63) is 51.6 Å². The molecule has 0 unspecified atom stereocenters. The monoisotopic (exact) mass is 421 g/mol. The minimum Gasteiger partial charge on any atom is -0.497 e. The number of aromatic hydroxyl groups is 1. The first-order valence-corrected chi connectivity index (χ1v) is 7.76. The molecule has 0 fully saturated rings. The van der Waals surface area contributed by atoms with Gasteiger partial charge < -0.3 is 14.8 Å². The first-order valence-electron chi connectivity index (χ1n) is 6.69. The van der Waals surface area contributed by atoms with E-state index in [1.54, 1.807) is 24.3 Å². The zero-order valence-corrected chi connectivity index (χ0v) is 14.2. The third-order valence-electron chi connectivity index (χ3n) is 3.27. The highest BCUT2D eigenvalue weighted by atomic mass is 127. The van der Waals surface area contributed by atoms with Crippen LogP contribution in [0.15, 0.2) is 52.7 Å². The number of halogens is 1. The van der Waals surface area contributed by atoms with E-state index in [4.69, 9.17) is 4.74 Å². The Morgan fingerprint density at radius 2 is 2.09 bits per heavy atom. The zero-order valence-electron chi connectivity index (χ0n) is 12.1. The molecule has 23 heavy (non-hydrogen) atoms. The van der Waals surface area contributed by atoms with Crippen molar-refractivity contribution in [2.45, 2.75) is 0 Å². The van der Waals surface area contributed by atoms with E-state index in [0.29, 0.717) is 16.7 Å². The molecule has 0 spiro atoms. The van der Waals surface area contributed by atoms with Crippen molar-refractivity contribution in [3.63, 3.8) is 0 Å².